The van der Waals surface area contributed by atoms with Gasteiger partial charge in [0.15, 0.2) is 0 Å². The second-order valence-electron chi connectivity index (χ2n) is 7.40. The predicted molar refractivity (Wildman–Crippen MR) is 107 cm³/mol. The summed E-state index contributed by atoms with van der Waals surface area (Å²) >= 11 is 6.39. The van der Waals surface area contributed by atoms with Crippen LogP contribution < -0.4 is 5.32 Å². The molecule has 1 heterocycles. The molecule has 2 aromatic rings. The first kappa shape index (κ1) is 19.0. The summed E-state index contributed by atoms with van der Waals surface area (Å²) in [6.45, 7) is 0. The minimum Gasteiger partial charge on any atom is -0.509 e. The van der Waals surface area contributed by atoms with Crippen LogP contribution in [-0.2, 0) is 9.53 Å². The summed E-state index contributed by atoms with van der Waals surface area (Å²) in [5, 5.41) is 14.4. The van der Waals surface area contributed by atoms with Crippen molar-refractivity contribution in [3.8, 4) is 11.1 Å². The molecule has 0 unspecified atom stereocenters. The highest BCUT2D eigenvalue weighted by molar-refractivity contribution is 6.35. The maximum absolute atomic E-state index is 13.2. The van der Waals surface area contributed by atoms with E-state index < -0.39 is 5.54 Å². The van der Waals surface area contributed by atoms with Crippen LogP contribution in [-0.4, -0.2) is 29.8 Å². The van der Waals surface area contributed by atoms with Gasteiger partial charge in [0.25, 0.3) is 5.91 Å². The summed E-state index contributed by atoms with van der Waals surface area (Å²) in [6, 6.07) is 11.4. The summed E-state index contributed by atoms with van der Waals surface area (Å²) in [5.41, 5.74) is 1.52. The third kappa shape index (κ3) is 3.19. The summed E-state index contributed by atoms with van der Waals surface area (Å²) < 4.78 is 18.6. The minimum absolute atomic E-state index is 0.0465. The standard InChI is InChI=1S/C22H21ClFNO3/c1-28-16-8-10-22(11-9-16)20(26)19(21(27)25-22)17-12-14(4-7-18(17)23)13-2-5-15(24)6-3-13/h2-7,12,16,26H,8-11H2,1H3,(H,25,27)/t16-,22+. The number of carbonyl (C=O) groups is 1. The normalized spacial score (nSPS) is 24.7. The first-order chi connectivity index (χ1) is 13.4. The second kappa shape index (κ2) is 7.22. The number of carbonyl (C=O) groups excluding carboxylic acids is 1. The number of methoxy groups -OCH3 is 1. The molecule has 2 N–H and O–H groups in total. The summed E-state index contributed by atoms with van der Waals surface area (Å²) in [4.78, 5) is 12.8. The Hall–Kier alpha value is -2.37. The topological polar surface area (TPSA) is 58.6 Å². The number of benzene rings is 2. The van der Waals surface area contributed by atoms with Crippen molar-refractivity contribution in [2.45, 2.75) is 37.3 Å². The van der Waals surface area contributed by atoms with Crippen molar-refractivity contribution in [3.05, 3.63) is 64.6 Å². The molecule has 0 radical (unpaired) electrons. The lowest BCUT2D eigenvalue weighted by Crippen LogP contribution is -2.48. The van der Waals surface area contributed by atoms with Crippen LogP contribution in [0, 0.1) is 5.82 Å². The van der Waals surface area contributed by atoms with Crippen LogP contribution in [0.2, 0.25) is 5.02 Å². The van der Waals surface area contributed by atoms with E-state index in [9.17, 15) is 14.3 Å². The molecule has 0 saturated heterocycles. The van der Waals surface area contributed by atoms with E-state index in [-0.39, 0.29) is 29.2 Å². The van der Waals surface area contributed by atoms with Crippen LogP contribution in [0.1, 0.15) is 31.2 Å². The van der Waals surface area contributed by atoms with Gasteiger partial charge in [-0.3, -0.25) is 4.79 Å². The van der Waals surface area contributed by atoms with E-state index in [2.05, 4.69) is 5.32 Å². The molecule has 4 rings (SSSR count). The van der Waals surface area contributed by atoms with Gasteiger partial charge in [-0.05, 0) is 61.1 Å². The van der Waals surface area contributed by atoms with Gasteiger partial charge in [-0.15, -0.1) is 0 Å². The molecule has 1 fully saturated rings. The Labute approximate surface area is 168 Å². The molecule has 146 valence electrons. The van der Waals surface area contributed by atoms with Crippen molar-refractivity contribution >= 4 is 23.1 Å². The van der Waals surface area contributed by atoms with E-state index in [4.69, 9.17) is 16.3 Å². The molecule has 2 aromatic carbocycles. The molecule has 1 aliphatic heterocycles. The molecule has 0 bridgehead atoms. The van der Waals surface area contributed by atoms with Gasteiger partial charge >= 0.3 is 0 Å². The zero-order chi connectivity index (χ0) is 19.9. The van der Waals surface area contributed by atoms with Crippen molar-refractivity contribution in [1.29, 1.82) is 0 Å². The highest BCUT2D eigenvalue weighted by atomic mass is 35.5. The van der Waals surface area contributed by atoms with Crippen LogP contribution >= 0.6 is 11.6 Å². The van der Waals surface area contributed by atoms with E-state index in [0.29, 0.717) is 23.4 Å². The van der Waals surface area contributed by atoms with Gasteiger partial charge in [0.2, 0.25) is 0 Å². The number of halogens is 2. The molecular formula is C22H21ClFNO3. The first-order valence-corrected chi connectivity index (χ1v) is 9.66. The fraction of sp³-hybridized carbons (Fsp3) is 0.318. The summed E-state index contributed by atoms with van der Waals surface area (Å²) in [7, 11) is 1.68. The Kier molecular flexibility index (Phi) is 4.89. The Balaban J connectivity index is 1.74. The molecule has 1 spiro atoms. The van der Waals surface area contributed by atoms with Crippen molar-refractivity contribution < 1.29 is 19.0 Å². The van der Waals surface area contributed by atoms with Gasteiger partial charge < -0.3 is 15.2 Å². The molecule has 2 aliphatic rings. The lowest BCUT2D eigenvalue weighted by atomic mass is 9.79. The highest BCUT2D eigenvalue weighted by Crippen LogP contribution is 2.43. The van der Waals surface area contributed by atoms with Crippen LogP contribution in [0.15, 0.2) is 48.2 Å². The molecule has 4 nitrogen and oxygen atoms in total. The van der Waals surface area contributed by atoms with Gasteiger partial charge in [0, 0.05) is 17.7 Å². The van der Waals surface area contributed by atoms with Crippen molar-refractivity contribution in [1.82, 2.24) is 5.32 Å². The Bertz CT molecular complexity index is 947. The average molecular weight is 402 g/mol. The SMILES string of the molecule is CO[C@H]1CC[C@]2(CC1)NC(=O)C(c1cc(-c3ccc(F)cc3)ccc1Cl)=C2O. The van der Waals surface area contributed by atoms with Crippen LogP contribution in [0.3, 0.4) is 0 Å². The minimum atomic E-state index is -0.753. The van der Waals surface area contributed by atoms with E-state index in [1.54, 1.807) is 31.4 Å². The zero-order valence-electron chi connectivity index (χ0n) is 15.5. The number of ether oxygens (including phenoxy) is 1. The molecule has 1 amide bonds. The highest BCUT2D eigenvalue weighted by Gasteiger charge is 2.48. The fourth-order valence-corrected chi connectivity index (χ4v) is 4.37. The zero-order valence-corrected chi connectivity index (χ0v) is 16.2. The number of hydrogen-bond donors (Lipinski definition) is 2. The lowest BCUT2D eigenvalue weighted by molar-refractivity contribution is -0.116. The number of aliphatic hydroxyl groups is 1. The molecule has 1 aliphatic carbocycles. The largest absolute Gasteiger partial charge is 0.509 e. The van der Waals surface area contributed by atoms with Crippen molar-refractivity contribution in [2.75, 3.05) is 7.11 Å². The molecule has 0 atom stereocenters. The first-order valence-electron chi connectivity index (χ1n) is 9.28. The van der Waals surface area contributed by atoms with Gasteiger partial charge in [0.1, 0.15) is 11.6 Å². The van der Waals surface area contributed by atoms with E-state index in [0.717, 1.165) is 24.0 Å². The number of nitrogens with one attached hydrogen (secondary N) is 1. The summed E-state index contributed by atoms with van der Waals surface area (Å²) in [6.07, 6.45) is 2.89. The third-order valence-electron chi connectivity index (χ3n) is 5.80. The van der Waals surface area contributed by atoms with Gasteiger partial charge in [-0.25, -0.2) is 4.39 Å². The Morgan fingerprint density at radius 3 is 2.43 bits per heavy atom. The average Bonchev–Trinajstić information content (AvgIpc) is 2.93. The van der Waals surface area contributed by atoms with E-state index >= 15 is 0 Å². The second-order valence-corrected chi connectivity index (χ2v) is 7.80. The smallest absolute Gasteiger partial charge is 0.256 e. The van der Waals surface area contributed by atoms with Gasteiger partial charge in [0.05, 0.1) is 17.2 Å². The maximum atomic E-state index is 13.2. The van der Waals surface area contributed by atoms with Crippen LogP contribution in [0.4, 0.5) is 4.39 Å². The Morgan fingerprint density at radius 2 is 1.79 bits per heavy atom. The van der Waals surface area contributed by atoms with Crippen LogP contribution in [0.25, 0.3) is 16.7 Å². The molecule has 0 aromatic heterocycles. The number of amides is 1. The number of hydrogen-bond acceptors (Lipinski definition) is 3. The number of rotatable bonds is 3. The maximum Gasteiger partial charge on any atom is 0.256 e. The van der Waals surface area contributed by atoms with E-state index in [1.165, 1.54) is 12.1 Å². The third-order valence-corrected chi connectivity index (χ3v) is 6.13. The molecule has 1 saturated carbocycles. The predicted octanol–water partition coefficient (Wildman–Crippen LogP) is 4.87. The molecular weight excluding hydrogens is 381 g/mol. The molecule has 28 heavy (non-hydrogen) atoms. The Morgan fingerprint density at radius 1 is 1.14 bits per heavy atom. The van der Waals surface area contributed by atoms with Gasteiger partial charge in [-0.1, -0.05) is 29.8 Å². The van der Waals surface area contributed by atoms with Crippen molar-refractivity contribution in [2.24, 2.45) is 0 Å². The number of aliphatic hydroxyl groups excluding tert-OH is 1. The van der Waals surface area contributed by atoms with Crippen molar-refractivity contribution in [3.63, 3.8) is 0 Å². The van der Waals surface area contributed by atoms with Gasteiger partial charge in [-0.2, -0.15) is 0 Å². The van der Waals surface area contributed by atoms with Crippen LogP contribution in [0.5, 0.6) is 0 Å². The van der Waals surface area contributed by atoms with E-state index in [1.807, 2.05) is 6.07 Å². The summed E-state index contributed by atoms with van der Waals surface area (Å²) in [5.74, 6) is -0.598. The lowest BCUT2D eigenvalue weighted by Gasteiger charge is -2.36. The quantitative estimate of drug-likeness (QED) is 0.771. The molecule has 6 heteroatoms. The monoisotopic (exact) mass is 401 g/mol. The fourth-order valence-electron chi connectivity index (χ4n) is 4.16.